The second-order valence-corrected chi connectivity index (χ2v) is 9.22. The number of hydrogen-bond acceptors (Lipinski definition) is 4. The second kappa shape index (κ2) is 10.7. The number of aliphatic carboxylic acids is 1. The van der Waals surface area contributed by atoms with Gasteiger partial charge in [-0.1, -0.05) is 61.9 Å². The maximum Gasteiger partial charge on any atom is 0.407 e. The SMILES string of the molecule is CCC(CC(=O)O)NC(=O)[C@H]1CCC[C@H]1CNC(=O)OCC1c2ccccc2-c2ccccc21. The summed E-state index contributed by atoms with van der Waals surface area (Å²) in [5.74, 6) is -1.25. The summed E-state index contributed by atoms with van der Waals surface area (Å²) in [6.45, 7) is 2.48. The molecule has 0 aliphatic heterocycles. The third-order valence-corrected chi connectivity index (χ3v) is 7.11. The van der Waals surface area contributed by atoms with Crippen molar-refractivity contribution in [1.29, 1.82) is 0 Å². The van der Waals surface area contributed by atoms with E-state index in [1.807, 2.05) is 31.2 Å². The Labute approximate surface area is 199 Å². The van der Waals surface area contributed by atoms with Gasteiger partial charge < -0.3 is 20.5 Å². The standard InChI is InChI=1S/C27H32N2O5/c1-2-18(14-25(30)31)29-26(32)19-13-7-8-17(19)15-28-27(33)34-16-24-22-11-5-3-9-20(22)21-10-4-6-12-23(21)24/h3-6,9-12,17-19,24H,2,7-8,13-16H2,1H3,(H,28,33)(H,29,32)(H,30,31)/t17-,18?,19-/m0/s1. The van der Waals surface area contributed by atoms with Crippen LogP contribution in [0.25, 0.3) is 11.1 Å². The van der Waals surface area contributed by atoms with Gasteiger partial charge in [-0.15, -0.1) is 0 Å². The molecule has 1 unspecified atom stereocenters. The number of alkyl carbamates (subject to hydrolysis) is 1. The molecule has 0 bridgehead atoms. The number of fused-ring (bicyclic) bond motifs is 3. The molecule has 0 saturated heterocycles. The van der Waals surface area contributed by atoms with Gasteiger partial charge in [-0.05, 0) is 47.4 Å². The summed E-state index contributed by atoms with van der Waals surface area (Å²) in [4.78, 5) is 36.2. The first kappa shape index (κ1) is 23.8. The highest BCUT2D eigenvalue weighted by atomic mass is 16.5. The summed E-state index contributed by atoms with van der Waals surface area (Å²) in [5.41, 5.74) is 4.69. The van der Waals surface area contributed by atoms with Gasteiger partial charge in [0.25, 0.3) is 0 Å². The normalized spacial score (nSPS) is 19.7. The number of carbonyl (C=O) groups excluding carboxylic acids is 2. The molecular weight excluding hydrogens is 432 g/mol. The number of amides is 2. The fourth-order valence-electron chi connectivity index (χ4n) is 5.31. The summed E-state index contributed by atoms with van der Waals surface area (Å²) < 4.78 is 5.61. The van der Waals surface area contributed by atoms with Gasteiger partial charge in [0.2, 0.25) is 5.91 Å². The van der Waals surface area contributed by atoms with E-state index in [1.54, 1.807) is 0 Å². The van der Waals surface area contributed by atoms with Crippen LogP contribution in [0.5, 0.6) is 0 Å². The number of carboxylic acid groups (broad SMARTS) is 1. The molecule has 0 aromatic heterocycles. The van der Waals surface area contributed by atoms with Gasteiger partial charge in [0, 0.05) is 24.4 Å². The van der Waals surface area contributed by atoms with E-state index < -0.39 is 12.1 Å². The Morgan fingerprint density at radius 3 is 2.29 bits per heavy atom. The van der Waals surface area contributed by atoms with Crippen LogP contribution in [0.3, 0.4) is 0 Å². The van der Waals surface area contributed by atoms with E-state index in [0.29, 0.717) is 13.0 Å². The van der Waals surface area contributed by atoms with Crippen molar-refractivity contribution in [3.63, 3.8) is 0 Å². The molecule has 3 atom stereocenters. The third kappa shape index (κ3) is 5.24. The van der Waals surface area contributed by atoms with Crippen molar-refractivity contribution < 1.29 is 24.2 Å². The molecule has 7 nitrogen and oxygen atoms in total. The maximum atomic E-state index is 12.7. The minimum absolute atomic E-state index is 0.00312. The molecule has 2 aliphatic carbocycles. The number of carboxylic acids is 1. The molecule has 0 spiro atoms. The lowest BCUT2D eigenvalue weighted by Gasteiger charge is -2.23. The van der Waals surface area contributed by atoms with Gasteiger partial charge in [-0.3, -0.25) is 9.59 Å². The van der Waals surface area contributed by atoms with Crippen LogP contribution in [0.1, 0.15) is 56.1 Å². The average Bonchev–Trinajstić information content (AvgIpc) is 3.43. The molecule has 180 valence electrons. The van der Waals surface area contributed by atoms with Gasteiger partial charge in [-0.2, -0.15) is 0 Å². The number of ether oxygens (including phenoxy) is 1. The average molecular weight is 465 g/mol. The molecule has 1 saturated carbocycles. The van der Waals surface area contributed by atoms with Gasteiger partial charge >= 0.3 is 12.1 Å². The Morgan fingerprint density at radius 2 is 1.68 bits per heavy atom. The highest BCUT2D eigenvalue weighted by molar-refractivity contribution is 5.81. The molecule has 2 amide bonds. The first-order valence-electron chi connectivity index (χ1n) is 12.1. The summed E-state index contributed by atoms with van der Waals surface area (Å²) in [5, 5.41) is 14.7. The van der Waals surface area contributed by atoms with Crippen molar-refractivity contribution in [3.05, 3.63) is 59.7 Å². The van der Waals surface area contributed by atoms with Crippen molar-refractivity contribution in [1.82, 2.24) is 10.6 Å². The molecule has 0 heterocycles. The highest BCUT2D eigenvalue weighted by Crippen LogP contribution is 2.44. The van der Waals surface area contributed by atoms with Gasteiger partial charge in [0.15, 0.2) is 0 Å². The molecule has 2 aliphatic rings. The third-order valence-electron chi connectivity index (χ3n) is 7.11. The number of rotatable bonds is 9. The zero-order valence-electron chi connectivity index (χ0n) is 19.5. The van der Waals surface area contributed by atoms with Gasteiger partial charge in [0.05, 0.1) is 6.42 Å². The summed E-state index contributed by atoms with van der Waals surface area (Å²) in [6.07, 6.45) is 2.49. The van der Waals surface area contributed by atoms with E-state index in [4.69, 9.17) is 9.84 Å². The van der Waals surface area contributed by atoms with Crippen LogP contribution >= 0.6 is 0 Å². The largest absolute Gasteiger partial charge is 0.481 e. The predicted molar refractivity (Wildman–Crippen MR) is 128 cm³/mol. The van der Waals surface area contributed by atoms with Crippen LogP contribution < -0.4 is 10.6 Å². The number of nitrogens with one attached hydrogen (secondary N) is 2. The van der Waals surface area contributed by atoms with Crippen molar-refractivity contribution in [2.75, 3.05) is 13.2 Å². The van der Waals surface area contributed by atoms with Crippen LogP contribution in [0.2, 0.25) is 0 Å². The smallest absolute Gasteiger partial charge is 0.407 e. The molecule has 3 N–H and O–H groups in total. The fourth-order valence-corrected chi connectivity index (χ4v) is 5.31. The quantitative estimate of drug-likeness (QED) is 0.513. The number of hydrogen-bond donors (Lipinski definition) is 3. The highest BCUT2D eigenvalue weighted by Gasteiger charge is 2.34. The van der Waals surface area contributed by atoms with Crippen molar-refractivity contribution in [3.8, 4) is 11.1 Å². The predicted octanol–water partition coefficient (Wildman–Crippen LogP) is 4.31. The Balaban J connectivity index is 1.29. The Bertz CT molecular complexity index is 1010. The Kier molecular flexibility index (Phi) is 7.50. The summed E-state index contributed by atoms with van der Waals surface area (Å²) >= 11 is 0. The summed E-state index contributed by atoms with van der Waals surface area (Å²) in [7, 11) is 0. The lowest BCUT2D eigenvalue weighted by Crippen LogP contribution is -2.43. The minimum Gasteiger partial charge on any atom is -0.481 e. The van der Waals surface area contributed by atoms with E-state index in [-0.39, 0.29) is 42.7 Å². The first-order valence-corrected chi connectivity index (χ1v) is 12.1. The molecule has 4 rings (SSSR count). The van der Waals surface area contributed by atoms with Crippen LogP contribution in [0.4, 0.5) is 4.79 Å². The number of benzene rings is 2. The van der Waals surface area contributed by atoms with Crippen molar-refractivity contribution in [2.24, 2.45) is 11.8 Å². The minimum atomic E-state index is -0.924. The molecule has 34 heavy (non-hydrogen) atoms. The molecule has 2 aromatic rings. The van der Waals surface area contributed by atoms with E-state index in [1.165, 1.54) is 11.1 Å². The van der Waals surface area contributed by atoms with E-state index in [0.717, 1.165) is 30.4 Å². The zero-order chi connectivity index (χ0) is 24.1. The second-order valence-electron chi connectivity index (χ2n) is 9.22. The number of carbonyl (C=O) groups is 3. The molecule has 2 aromatic carbocycles. The summed E-state index contributed by atoms with van der Waals surface area (Å²) in [6, 6.07) is 16.0. The maximum absolute atomic E-state index is 12.7. The lowest BCUT2D eigenvalue weighted by atomic mass is 9.94. The fraction of sp³-hybridized carbons (Fsp3) is 0.444. The topological polar surface area (TPSA) is 105 Å². The Hall–Kier alpha value is -3.35. The van der Waals surface area contributed by atoms with Crippen LogP contribution in [-0.4, -0.2) is 42.3 Å². The molecule has 7 heteroatoms. The monoisotopic (exact) mass is 464 g/mol. The van der Waals surface area contributed by atoms with E-state index in [2.05, 4.69) is 34.9 Å². The lowest BCUT2D eigenvalue weighted by molar-refractivity contribution is -0.138. The molecule has 1 fully saturated rings. The van der Waals surface area contributed by atoms with Crippen molar-refractivity contribution >= 4 is 18.0 Å². The first-order chi connectivity index (χ1) is 16.5. The van der Waals surface area contributed by atoms with Crippen molar-refractivity contribution in [2.45, 2.75) is 51.0 Å². The Morgan fingerprint density at radius 1 is 1.03 bits per heavy atom. The van der Waals surface area contributed by atoms with Crippen LogP contribution in [0, 0.1) is 11.8 Å². The van der Waals surface area contributed by atoms with E-state index in [9.17, 15) is 14.4 Å². The van der Waals surface area contributed by atoms with Gasteiger partial charge in [0.1, 0.15) is 6.61 Å². The van der Waals surface area contributed by atoms with Gasteiger partial charge in [-0.25, -0.2) is 4.79 Å². The molecule has 0 radical (unpaired) electrons. The van der Waals surface area contributed by atoms with E-state index >= 15 is 0 Å². The van der Waals surface area contributed by atoms with Crippen LogP contribution in [0.15, 0.2) is 48.5 Å². The zero-order valence-corrected chi connectivity index (χ0v) is 19.5. The molecular formula is C27H32N2O5. The van der Waals surface area contributed by atoms with Crippen LogP contribution in [-0.2, 0) is 14.3 Å².